The van der Waals surface area contributed by atoms with Crippen LogP contribution in [0.1, 0.15) is 34.6 Å². The molecule has 152 valence electrons. The Hall–Kier alpha value is -2.79. The number of amides is 3. The van der Waals surface area contributed by atoms with Gasteiger partial charge in [0, 0.05) is 12.7 Å². The molecule has 0 spiro atoms. The summed E-state index contributed by atoms with van der Waals surface area (Å²) in [7, 11) is -2.28. The standard InChI is InChI=1S/C17H21N3O7S/c1-9(2)14(19-28(4,25)26)17(24)27-8-13(21)18-10-5-6-11-12(7-10)16(23)20(3)15(11)22/h5-7,9,14,19H,8H2,1-4H3,(H,18,21)/t14-/m0/s1. The lowest BCUT2D eigenvalue weighted by Gasteiger charge is -2.19. The van der Waals surface area contributed by atoms with Crippen molar-refractivity contribution in [1.82, 2.24) is 9.62 Å². The minimum Gasteiger partial charge on any atom is -0.454 e. The van der Waals surface area contributed by atoms with E-state index >= 15 is 0 Å². The molecule has 0 bridgehead atoms. The van der Waals surface area contributed by atoms with Gasteiger partial charge in [-0.2, -0.15) is 0 Å². The molecule has 2 rings (SSSR count). The van der Waals surface area contributed by atoms with Crippen LogP contribution >= 0.6 is 0 Å². The maximum Gasteiger partial charge on any atom is 0.324 e. The first-order chi connectivity index (χ1) is 12.9. The number of imide groups is 1. The highest BCUT2D eigenvalue weighted by atomic mass is 32.2. The van der Waals surface area contributed by atoms with Crippen LogP contribution in [0.3, 0.4) is 0 Å². The number of nitrogens with zero attached hydrogens (tertiary/aromatic N) is 1. The Bertz CT molecular complexity index is 940. The third-order valence-electron chi connectivity index (χ3n) is 3.98. The normalized spacial score (nSPS) is 14.8. The van der Waals surface area contributed by atoms with E-state index in [1.807, 2.05) is 0 Å². The van der Waals surface area contributed by atoms with Crippen LogP contribution in [0, 0.1) is 5.92 Å². The summed E-state index contributed by atoms with van der Waals surface area (Å²) in [6.07, 6.45) is 0.916. The molecule has 0 aliphatic carbocycles. The van der Waals surface area contributed by atoms with Gasteiger partial charge in [0.15, 0.2) is 6.61 Å². The lowest BCUT2D eigenvalue weighted by atomic mass is 10.1. The molecule has 0 saturated carbocycles. The van der Waals surface area contributed by atoms with E-state index in [-0.39, 0.29) is 22.7 Å². The van der Waals surface area contributed by atoms with Crippen molar-refractivity contribution in [3.63, 3.8) is 0 Å². The molecule has 11 heteroatoms. The number of carbonyl (C=O) groups excluding carboxylic acids is 4. The lowest BCUT2D eigenvalue weighted by molar-refractivity contribution is -0.150. The monoisotopic (exact) mass is 411 g/mol. The molecule has 0 unspecified atom stereocenters. The van der Waals surface area contributed by atoms with Gasteiger partial charge in [-0.1, -0.05) is 13.8 Å². The molecule has 0 fully saturated rings. The van der Waals surface area contributed by atoms with Crippen molar-refractivity contribution in [3.8, 4) is 0 Å². The van der Waals surface area contributed by atoms with Crippen molar-refractivity contribution in [2.75, 3.05) is 25.2 Å². The predicted molar refractivity (Wildman–Crippen MR) is 99.1 cm³/mol. The summed E-state index contributed by atoms with van der Waals surface area (Å²) in [6, 6.07) is 3.11. The largest absolute Gasteiger partial charge is 0.454 e. The van der Waals surface area contributed by atoms with Crippen LogP contribution < -0.4 is 10.0 Å². The number of hydrogen-bond donors (Lipinski definition) is 2. The number of benzene rings is 1. The van der Waals surface area contributed by atoms with Gasteiger partial charge in [-0.3, -0.25) is 24.1 Å². The second-order valence-corrected chi connectivity index (χ2v) is 8.48. The van der Waals surface area contributed by atoms with Gasteiger partial charge < -0.3 is 10.1 Å². The molecule has 1 heterocycles. The molecule has 3 amide bonds. The number of fused-ring (bicyclic) bond motifs is 1. The summed E-state index contributed by atoms with van der Waals surface area (Å²) in [6.45, 7) is 2.62. The van der Waals surface area contributed by atoms with Crippen LogP contribution in [0.25, 0.3) is 0 Å². The van der Waals surface area contributed by atoms with Crippen LogP contribution in [0.5, 0.6) is 0 Å². The average Bonchev–Trinajstić information content (AvgIpc) is 2.81. The van der Waals surface area contributed by atoms with Crippen molar-refractivity contribution < 1.29 is 32.3 Å². The fourth-order valence-corrected chi connectivity index (χ4v) is 3.38. The van der Waals surface area contributed by atoms with E-state index in [9.17, 15) is 27.6 Å². The van der Waals surface area contributed by atoms with Crippen molar-refractivity contribution >= 4 is 39.4 Å². The Morgan fingerprint density at radius 2 is 1.75 bits per heavy atom. The van der Waals surface area contributed by atoms with Crippen molar-refractivity contribution in [2.24, 2.45) is 5.92 Å². The average molecular weight is 411 g/mol. The minimum absolute atomic E-state index is 0.166. The maximum atomic E-state index is 12.1. The van der Waals surface area contributed by atoms with E-state index in [4.69, 9.17) is 4.74 Å². The second kappa shape index (κ2) is 8.07. The highest BCUT2D eigenvalue weighted by molar-refractivity contribution is 7.88. The summed E-state index contributed by atoms with van der Waals surface area (Å²) in [5, 5.41) is 2.46. The predicted octanol–water partition coefficient (Wildman–Crippen LogP) is -0.0321. The highest BCUT2D eigenvalue weighted by Crippen LogP contribution is 2.24. The Balaban J connectivity index is 1.99. The summed E-state index contributed by atoms with van der Waals surface area (Å²) in [5.74, 6) is -2.85. The summed E-state index contributed by atoms with van der Waals surface area (Å²) >= 11 is 0. The Labute approximate surface area is 162 Å². The molecular formula is C17H21N3O7S. The molecule has 0 radical (unpaired) electrons. The zero-order valence-corrected chi connectivity index (χ0v) is 16.6. The topological polar surface area (TPSA) is 139 Å². The van der Waals surface area contributed by atoms with E-state index in [1.54, 1.807) is 13.8 Å². The molecule has 28 heavy (non-hydrogen) atoms. The number of carbonyl (C=O) groups is 4. The number of rotatable bonds is 7. The van der Waals surface area contributed by atoms with Gasteiger partial charge in [0.05, 0.1) is 17.4 Å². The Morgan fingerprint density at radius 1 is 1.14 bits per heavy atom. The summed E-state index contributed by atoms with van der Waals surface area (Å²) in [5.41, 5.74) is 0.661. The van der Waals surface area contributed by atoms with E-state index in [1.165, 1.54) is 25.2 Å². The van der Waals surface area contributed by atoms with Crippen LogP contribution in [-0.4, -0.2) is 63.0 Å². The van der Waals surface area contributed by atoms with Crippen molar-refractivity contribution in [2.45, 2.75) is 19.9 Å². The number of sulfonamides is 1. The second-order valence-electron chi connectivity index (χ2n) is 6.70. The lowest BCUT2D eigenvalue weighted by Crippen LogP contribution is -2.45. The van der Waals surface area contributed by atoms with Gasteiger partial charge in [0.1, 0.15) is 6.04 Å². The van der Waals surface area contributed by atoms with Crippen molar-refractivity contribution in [3.05, 3.63) is 29.3 Å². The zero-order chi connectivity index (χ0) is 21.2. The van der Waals surface area contributed by atoms with E-state index in [0.717, 1.165) is 11.2 Å². The number of nitrogens with one attached hydrogen (secondary N) is 2. The molecule has 2 N–H and O–H groups in total. The number of anilines is 1. The molecule has 1 atom stereocenters. The van der Waals surface area contributed by atoms with Gasteiger partial charge in [0.2, 0.25) is 10.0 Å². The third-order valence-corrected chi connectivity index (χ3v) is 4.66. The molecule has 10 nitrogen and oxygen atoms in total. The third kappa shape index (κ3) is 4.93. The molecule has 1 aromatic rings. The highest BCUT2D eigenvalue weighted by Gasteiger charge is 2.33. The Kier molecular flexibility index (Phi) is 6.20. The molecule has 0 aromatic heterocycles. The molecular weight excluding hydrogens is 390 g/mol. The maximum absolute atomic E-state index is 12.1. The van der Waals surface area contributed by atoms with Crippen LogP contribution in [0.2, 0.25) is 0 Å². The van der Waals surface area contributed by atoms with Crippen LogP contribution in [0.4, 0.5) is 5.69 Å². The van der Waals surface area contributed by atoms with Gasteiger partial charge in [0.25, 0.3) is 17.7 Å². The fourth-order valence-electron chi connectivity index (χ4n) is 2.55. The number of ether oxygens (including phenoxy) is 1. The Morgan fingerprint density at radius 3 is 2.32 bits per heavy atom. The molecule has 0 saturated heterocycles. The van der Waals surface area contributed by atoms with E-state index in [0.29, 0.717) is 0 Å². The SMILES string of the molecule is CC(C)[C@H](NS(C)(=O)=O)C(=O)OCC(=O)Nc1ccc2c(c1)C(=O)N(C)C2=O. The quantitative estimate of drug-likeness (QED) is 0.474. The first kappa shape index (κ1) is 21.5. The van der Waals surface area contributed by atoms with Crippen LogP contribution in [-0.2, 0) is 24.3 Å². The fraction of sp³-hybridized carbons (Fsp3) is 0.412. The van der Waals surface area contributed by atoms with Gasteiger partial charge in [-0.05, 0) is 24.1 Å². The van der Waals surface area contributed by atoms with Gasteiger partial charge in [-0.25, -0.2) is 13.1 Å². The van der Waals surface area contributed by atoms with Crippen molar-refractivity contribution in [1.29, 1.82) is 0 Å². The molecule has 1 aromatic carbocycles. The number of esters is 1. The number of hydrogen-bond acceptors (Lipinski definition) is 7. The van der Waals surface area contributed by atoms with Crippen LogP contribution in [0.15, 0.2) is 18.2 Å². The molecule has 1 aliphatic rings. The first-order valence-electron chi connectivity index (χ1n) is 8.31. The first-order valence-corrected chi connectivity index (χ1v) is 10.2. The minimum atomic E-state index is -3.64. The van der Waals surface area contributed by atoms with Gasteiger partial charge >= 0.3 is 5.97 Å². The summed E-state index contributed by atoms with van der Waals surface area (Å²) in [4.78, 5) is 48.9. The smallest absolute Gasteiger partial charge is 0.324 e. The van der Waals surface area contributed by atoms with E-state index in [2.05, 4.69) is 10.0 Å². The van der Waals surface area contributed by atoms with E-state index < -0.39 is 46.4 Å². The molecule has 1 aliphatic heterocycles. The summed E-state index contributed by atoms with van der Waals surface area (Å²) < 4.78 is 29.7. The zero-order valence-electron chi connectivity index (χ0n) is 15.8. The van der Waals surface area contributed by atoms with Gasteiger partial charge in [-0.15, -0.1) is 0 Å².